The van der Waals surface area contributed by atoms with E-state index in [1.807, 2.05) is 46.8 Å². The molecule has 3 aromatic rings. The van der Waals surface area contributed by atoms with E-state index in [9.17, 15) is 9.90 Å². The van der Waals surface area contributed by atoms with Crippen LogP contribution < -0.4 is 10.2 Å². The van der Waals surface area contributed by atoms with Gasteiger partial charge in [0.1, 0.15) is 11.4 Å². The average Bonchev–Trinajstić information content (AvgIpc) is 3.84. The summed E-state index contributed by atoms with van der Waals surface area (Å²) >= 11 is 0. The number of nitrogens with zero attached hydrogens (tertiary/aromatic N) is 2. The summed E-state index contributed by atoms with van der Waals surface area (Å²) in [5.74, 6) is 1.15. The average molecular weight is 628 g/mol. The number of piperidine rings is 1. The number of likely N-dealkylation sites (tertiary alicyclic amines) is 1. The number of aryl methyl sites for hydroxylation is 1. The number of epoxide rings is 1. The molecule has 0 saturated carbocycles. The lowest BCUT2D eigenvalue weighted by atomic mass is 9.69. The zero-order valence-corrected chi connectivity index (χ0v) is 28.4. The van der Waals surface area contributed by atoms with Crippen LogP contribution >= 0.6 is 0 Å². The molecule has 7 nitrogen and oxygen atoms in total. The summed E-state index contributed by atoms with van der Waals surface area (Å²) in [7, 11) is 0. The van der Waals surface area contributed by atoms with Gasteiger partial charge in [0.2, 0.25) is 0 Å². The van der Waals surface area contributed by atoms with Crippen molar-refractivity contribution in [1.82, 2.24) is 10.2 Å². The third-order valence-electron chi connectivity index (χ3n) is 9.43. The van der Waals surface area contributed by atoms with E-state index in [0.29, 0.717) is 17.6 Å². The predicted molar refractivity (Wildman–Crippen MR) is 186 cm³/mol. The first kappa shape index (κ1) is 33.8. The number of phenolic OH excluding ortho intramolecular Hbond substituents is 1. The Balaban J connectivity index is 0.000000207. The fourth-order valence-corrected chi connectivity index (χ4v) is 6.91. The number of piperazine rings is 1. The van der Waals surface area contributed by atoms with Crippen LogP contribution in [0, 0.1) is 0 Å². The second-order valence-electron chi connectivity index (χ2n) is 13.7. The molecule has 3 saturated heterocycles. The Hall–Kier alpha value is -3.55. The number of carbonyl (C=O) groups is 1. The summed E-state index contributed by atoms with van der Waals surface area (Å²) in [4.78, 5) is 15.9. The third-order valence-corrected chi connectivity index (χ3v) is 9.43. The summed E-state index contributed by atoms with van der Waals surface area (Å²) in [5.41, 5.74) is 6.45. The number of ether oxygens (including phenoxy) is 2. The molecular weight excluding hydrogens is 574 g/mol. The number of fused-ring (bicyclic) bond motifs is 1. The van der Waals surface area contributed by atoms with Gasteiger partial charge >= 0.3 is 6.09 Å². The third kappa shape index (κ3) is 8.42. The van der Waals surface area contributed by atoms with E-state index in [4.69, 9.17) is 9.47 Å². The molecule has 1 aliphatic carbocycles. The Labute approximate surface area is 275 Å². The number of aromatic hydroxyl groups is 1. The van der Waals surface area contributed by atoms with E-state index < -0.39 is 5.60 Å². The molecule has 3 heterocycles. The van der Waals surface area contributed by atoms with E-state index in [2.05, 4.69) is 70.9 Å². The van der Waals surface area contributed by atoms with E-state index in [0.717, 1.165) is 71.6 Å². The van der Waals surface area contributed by atoms with Gasteiger partial charge in [-0.1, -0.05) is 62.4 Å². The molecule has 3 aliphatic heterocycles. The lowest BCUT2D eigenvalue weighted by Gasteiger charge is -2.35. The number of hydrogen-bond acceptors (Lipinski definition) is 6. The van der Waals surface area contributed by atoms with Gasteiger partial charge in [0.15, 0.2) is 0 Å². The molecule has 0 aromatic heterocycles. The maximum absolute atomic E-state index is 11.7. The Morgan fingerprint density at radius 1 is 0.913 bits per heavy atom. The molecular formula is C39H53N3O4. The van der Waals surface area contributed by atoms with Gasteiger partial charge in [-0.15, -0.1) is 0 Å². The molecule has 2 N–H and O–H groups in total. The fourth-order valence-electron chi connectivity index (χ4n) is 6.91. The molecule has 0 radical (unpaired) electrons. The quantitative estimate of drug-likeness (QED) is 0.293. The highest BCUT2D eigenvalue weighted by Crippen LogP contribution is 2.47. The van der Waals surface area contributed by atoms with E-state index in [1.165, 1.54) is 27.9 Å². The first-order valence-corrected chi connectivity index (χ1v) is 17.2. The number of phenols is 1. The van der Waals surface area contributed by atoms with Crippen LogP contribution in [0.15, 0.2) is 72.8 Å². The van der Waals surface area contributed by atoms with Gasteiger partial charge in [-0.2, -0.15) is 0 Å². The van der Waals surface area contributed by atoms with Crippen molar-refractivity contribution in [2.45, 2.75) is 83.3 Å². The molecule has 1 unspecified atom stereocenters. The van der Waals surface area contributed by atoms with Gasteiger partial charge < -0.3 is 29.7 Å². The van der Waals surface area contributed by atoms with Gasteiger partial charge in [0.05, 0.1) is 12.2 Å². The number of amides is 1. The zero-order valence-electron chi connectivity index (χ0n) is 28.4. The van der Waals surface area contributed by atoms with E-state index in [-0.39, 0.29) is 11.7 Å². The van der Waals surface area contributed by atoms with Crippen LogP contribution in [-0.2, 0) is 15.9 Å². The predicted octanol–water partition coefficient (Wildman–Crippen LogP) is 7.48. The van der Waals surface area contributed by atoms with Crippen molar-refractivity contribution in [2.75, 3.05) is 50.8 Å². The smallest absolute Gasteiger partial charge is 0.410 e. The van der Waals surface area contributed by atoms with Crippen molar-refractivity contribution in [3.05, 3.63) is 95.1 Å². The molecule has 3 aromatic carbocycles. The van der Waals surface area contributed by atoms with Crippen molar-refractivity contribution in [1.29, 1.82) is 0 Å². The lowest BCUT2D eigenvalue weighted by Crippen LogP contribution is -2.43. The van der Waals surface area contributed by atoms with Crippen molar-refractivity contribution in [3.63, 3.8) is 0 Å². The minimum atomic E-state index is -0.400. The van der Waals surface area contributed by atoms with Crippen LogP contribution in [0.25, 0.3) is 0 Å². The standard InChI is InChI=1S/C26H28N2O.C11H19NO3.C2H6/c29-23-11-13-25-21(18-23)8-12-24(19-4-2-1-3-5-19)26(25)20-6-9-22(10-7-20)28-16-14-27-15-17-28;1-10(2,3)15-9(13)12-6-4-11(5-7-12)8-14-11;1-2/h1-7,9-11,13,18,24,26-27,29H,8,12,14-17H2;4-8H2,1-3H3;1-2H3/t24-,26?;;/m1../s1. The molecule has 1 amide bonds. The highest BCUT2D eigenvalue weighted by atomic mass is 16.6. The number of anilines is 1. The van der Waals surface area contributed by atoms with Gasteiger partial charge in [-0.25, -0.2) is 4.79 Å². The van der Waals surface area contributed by atoms with Gasteiger partial charge in [-0.3, -0.25) is 0 Å². The Kier molecular flexibility index (Phi) is 11.0. The molecule has 0 bridgehead atoms. The number of hydrogen-bond donors (Lipinski definition) is 2. The van der Waals surface area contributed by atoms with Crippen LogP contribution in [-0.4, -0.2) is 73.2 Å². The summed E-state index contributed by atoms with van der Waals surface area (Å²) in [6.45, 7) is 16.3. The molecule has 248 valence electrons. The summed E-state index contributed by atoms with van der Waals surface area (Å²) in [6.07, 6.45) is 3.82. The summed E-state index contributed by atoms with van der Waals surface area (Å²) in [5, 5.41) is 13.4. The first-order chi connectivity index (χ1) is 22.2. The van der Waals surface area contributed by atoms with Crippen LogP contribution in [0.4, 0.5) is 10.5 Å². The van der Waals surface area contributed by atoms with Gasteiger partial charge in [-0.05, 0) is 98.9 Å². The molecule has 4 aliphatic rings. The molecule has 3 fully saturated rings. The Bertz CT molecular complexity index is 1400. The zero-order chi connectivity index (χ0) is 32.7. The maximum Gasteiger partial charge on any atom is 0.410 e. The van der Waals surface area contributed by atoms with Crippen LogP contribution in [0.1, 0.15) is 88.0 Å². The minimum absolute atomic E-state index is 0.124. The number of rotatable bonds is 3. The summed E-state index contributed by atoms with van der Waals surface area (Å²) in [6, 6.07) is 26.1. The molecule has 7 rings (SSSR count). The van der Waals surface area contributed by atoms with Gasteiger partial charge in [0.25, 0.3) is 0 Å². The van der Waals surface area contributed by atoms with E-state index >= 15 is 0 Å². The first-order valence-electron chi connectivity index (χ1n) is 17.2. The normalized spacial score (nSPS) is 21.6. The van der Waals surface area contributed by atoms with E-state index in [1.54, 1.807) is 4.90 Å². The molecule has 7 heteroatoms. The largest absolute Gasteiger partial charge is 0.508 e. The van der Waals surface area contributed by atoms with Crippen LogP contribution in [0.5, 0.6) is 5.75 Å². The lowest BCUT2D eigenvalue weighted by molar-refractivity contribution is 0.0165. The number of carbonyl (C=O) groups excluding carboxylic acids is 1. The van der Waals surface area contributed by atoms with Crippen LogP contribution in [0.3, 0.4) is 0 Å². The second-order valence-corrected chi connectivity index (χ2v) is 13.7. The molecule has 46 heavy (non-hydrogen) atoms. The summed E-state index contributed by atoms with van der Waals surface area (Å²) < 4.78 is 10.7. The van der Waals surface area contributed by atoms with Gasteiger partial charge in [0, 0.05) is 50.9 Å². The number of benzene rings is 3. The number of nitrogens with one attached hydrogen (secondary N) is 1. The highest BCUT2D eigenvalue weighted by Gasteiger charge is 2.47. The van der Waals surface area contributed by atoms with Crippen molar-refractivity contribution in [2.24, 2.45) is 0 Å². The Morgan fingerprint density at radius 3 is 2.17 bits per heavy atom. The topological polar surface area (TPSA) is 77.6 Å². The molecule has 1 spiro atoms. The monoisotopic (exact) mass is 627 g/mol. The Morgan fingerprint density at radius 2 is 1.57 bits per heavy atom. The fraction of sp³-hybridized carbons (Fsp3) is 0.513. The SMILES string of the molecule is CC.CC(C)(C)OC(=O)N1CCC2(CC1)CO2.Oc1ccc2c(c1)CC[C@H](c1ccccc1)C2c1ccc(N2CCNCC2)cc1. The van der Waals surface area contributed by atoms with Crippen LogP contribution in [0.2, 0.25) is 0 Å². The molecule has 2 atom stereocenters. The van der Waals surface area contributed by atoms with Crippen molar-refractivity contribution >= 4 is 11.8 Å². The minimum Gasteiger partial charge on any atom is -0.508 e. The maximum atomic E-state index is 11.7. The highest BCUT2D eigenvalue weighted by molar-refractivity contribution is 5.68. The van der Waals surface area contributed by atoms with Crippen molar-refractivity contribution < 1.29 is 19.4 Å². The van der Waals surface area contributed by atoms with Crippen molar-refractivity contribution in [3.8, 4) is 5.75 Å². The second kappa shape index (κ2) is 14.9.